The lowest BCUT2D eigenvalue weighted by Crippen LogP contribution is -2.48. The quantitative estimate of drug-likeness (QED) is 0.862. The van der Waals surface area contributed by atoms with Gasteiger partial charge in [-0.05, 0) is 13.8 Å². The summed E-state index contributed by atoms with van der Waals surface area (Å²) in [5.74, 6) is 0. The third-order valence-electron chi connectivity index (χ3n) is 2.66. The van der Waals surface area contributed by atoms with Crippen molar-refractivity contribution in [2.45, 2.75) is 26.4 Å². The molecule has 0 amide bonds. The molecule has 0 unspecified atom stereocenters. The maximum absolute atomic E-state index is 4.28. The lowest BCUT2D eigenvalue weighted by Gasteiger charge is -2.31. The Balaban J connectivity index is 0.00000112. The molecule has 1 saturated heterocycles. The number of piperazine rings is 1. The Morgan fingerprint density at radius 2 is 2.47 bits per heavy atom. The average Bonchev–Trinajstić information content (AvgIpc) is 2.52. The van der Waals surface area contributed by atoms with E-state index < -0.39 is 0 Å². The Morgan fingerprint density at radius 1 is 1.67 bits per heavy atom. The number of hydrogen-bond acceptors (Lipinski definition) is 4. The zero-order valence-corrected chi connectivity index (χ0v) is 10.8. The Bertz CT molecular complexity index is 303. The van der Waals surface area contributed by atoms with Gasteiger partial charge in [-0.25, -0.2) is 4.98 Å². The van der Waals surface area contributed by atoms with Crippen LogP contribution in [0, 0.1) is 6.92 Å². The van der Waals surface area contributed by atoms with E-state index in [4.69, 9.17) is 0 Å². The molecule has 5 heteroatoms. The van der Waals surface area contributed by atoms with Gasteiger partial charge in [0, 0.05) is 37.1 Å². The van der Waals surface area contributed by atoms with Gasteiger partial charge in [-0.1, -0.05) is 0 Å². The number of aryl methyl sites for hydroxylation is 1. The van der Waals surface area contributed by atoms with Crippen molar-refractivity contribution in [1.82, 2.24) is 15.2 Å². The molecule has 86 valence electrons. The van der Waals surface area contributed by atoms with E-state index in [0.29, 0.717) is 6.04 Å². The van der Waals surface area contributed by atoms with Crippen molar-refractivity contribution in [3.8, 4) is 0 Å². The Kier molecular flexibility index (Phi) is 4.99. The number of aromatic nitrogens is 1. The Labute approximate surface area is 101 Å². The van der Waals surface area contributed by atoms with Gasteiger partial charge in [0.05, 0.1) is 11.2 Å². The maximum atomic E-state index is 4.28. The number of nitrogens with zero attached hydrogens (tertiary/aromatic N) is 2. The van der Waals surface area contributed by atoms with Crippen LogP contribution in [0.25, 0.3) is 0 Å². The highest BCUT2D eigenvalue weighted by Gasteiger charge is 2.16. The summed E-state index contributed by atoms with van der Waals surface area (Å²) < 4.78 is 0. The molecule has 0 spiro atoms. The van der Waals surface area contributed by atoms with Gasteiger partial charge < -0.3 is 5.32 Å². The lowest BCUT2D eigenvalue weighted by molar-refractivity contribution is 0.201. The van der Waals surface area contributed by atoms with E-state index in [2.05, 4.69) is 29.0 Å². The van der Waals surface area contributed by atoms with E-state index in [1.807, 2.05) is 5.51 Å². The van der Waals surface area contributed by atoms with E-state index in [0.717, 1.165) is 26.2 Å². The minimum absolute atomic E-state index is 0. The predicted octanol–water partition coefficient (Wildman–Crippen LogP) is 1.67. The molecule has 1 aromatic heterocycles. The molecule has 0 bridgehead atoms. The van der Waals surface area contributed by atoms with Crippen LogP contribution >= 0.6 is 23.7 Å². The van der Waals surface area contributed by atoms with Gasteiger partial charge >= 0.3 is 0 Å². The Morgan fingerprint density at radius 3 is 3.07 bits per heavy atom. The smallest absolute Gasteiger partial charge is 0.0798 e. The van der Waals surface area contributed by atoms with Gasteiger partial charge in [-0.15, -0.1) is 23.7 Å². The molecule has 1 aliphatic heterocycles. The van der Waals surface area contributed by atoms with Gasteiger partial charge in [-0.3, -0.25) is 4.90 Å². The van der Waals surface area contributed by atoms with Crippen LogP contribution in [0.1, 0.15) is 17.5 Å². The molecule has 1 fully saturated rings. The average molecular weight is 248 g/mol. The fourth-order valence-corrected chi connectivity index (χ4v) is 2.66. The van der Waals surface area contributed by atoms with Crippen molar-refractivity contribution in [2.75, 3.05) is 19.6 Å². The molecule has 0 aromatic carbocycles. The molecule has 0 aliphatic carbocycles. The minimum atomic E-state index is 0. The summed E-state index contributed by atoms with van der Waals surface area (Å²) in [6, 6.07) is 0.622. The number of thiazole rings is 1. The van der Waals surface area contributed by atoms with Crippen LogP contribution in [-0.4, -0.2) is 35.6 Å². The monoisotopic (exact) mass is 247 g/mol. The van der Waals surface area contributed by atoms with Gasteiger partial charge in [0.1, 0.15) is 0 Å². The highest BCUT2D eigenvalue weighted by Crippen LogP contribution is 2.15. The van der Waals surface area contributed by atoms with Crippen LogP contribution in [0.4, 0.5) is 0 Å². The van der Waals surface area contributed by atoms with Gasteiger partial charge in [0.25, 0.3) is 0 Å². The molecule has 1 atom stereocenters. The van der Waals surface area contributed by atoms with E-state index in [9.17, 15) is 0 Å². The number of rotatable bonds is 2. The standard InChI is InChI=1S/C10H17N3S.ClH/c1-8-5-13(4-3-11-8)6-10-9(2)12-7-14-10;/h7-8,11H,3-6H2,1-2H3;1H/t8-;/m1./s1. The van der Waals surface area contributed by atoms with Crippen LogP contribution in [-0.2, 0) is 6.54 Å². The van der Waals surface area contributed by atoms with E-state index in [-0.39, 0.29) is 12.4 Å². The van der Waals surface area contributed by atoms with Gasteiger partial charge in [-0.2, -0.15) is 0 Å². The third kappa shape index (κ3) is 3.41. The van der Waals surface area contributed by atoms with E-state index in [1.54, 1.807) is 11.3 Å². The summed E-state index contributed by atoms with van der Waals surface area (Å²) in [7, 11) is 0. The van der Waals surface area contributed by atoms with Crippen molar-refractivity contribution in [3.05, 3.63) is 16.1 Å². The molecule has 15 heavy (non-hydrogen) atoms. The third-order valence-corrected chi connectivity index (χ3v) is 3.58. The summed E-state index contributed by atoms with van der Waals surface area (Å²) in [5, 5.41) is 3.45. The zero-order chi connectivity index (χ0) is 9.97. The molecule has 2 rings (SSSR count). The first-order chi connectivity index (χ1) is 6.75. The highest BCUT2D eigenvalue weighted by molar-refractivity contribution is 7.09. The van der Waals surface area contributed by atoms with Crippen LogP contribution in [0.15, 0.2) is 5.51 Å². The first kappa shape index (κ1) is 12.9. The number of hydrogen-bond donors (Lipinski definition) is 1. The second kappa shape index (κ2) is 5.80. The molecule has 1 aromatic rings. The predicted molar refractivity (Wildman–Crippen MR) is 66.8 cm³/mol. The molecule has 1 aliphatic rings. The Hall–Kier alpha value is -0.160. The van der Waals surface area contributed by atoms with Crippen molar-refractivity contribution in [1.29, 1.82) is 0 Å². The zero-order valence-electron chi connectivity index (χ0n) is 9.19. The van der Waals surface area contributed by atoms with Crippen LogP contribution in [0.3, 0.4) is 0 Å². The minimum Gasteiger partial charge on any atom is -0.312 e. The lowest BCUT2D eigenvalue weighted by atomic mass is 10.2. The molecule has 2 heterocycles. The second-order valence-electron chi connectivity index (χ2n) is 3.95. The number of nitrogens with one attached hydrogen (secondary N) is 1. The molecule has 1 N–H and O–H groups in total. The molecule has 3 nitrogen and oxygen atoms in total. The van der Waals surface area contributed by atoms with Crippen molar-refractivity contribution < 1.29 is 0 Å². The number of halogens is 1. The van der Waals surface area contributed by atoms with E-state index >= 15 is 0 Å². The highest BCUT2D eigenvalue weighted by atomic mass is 35.5. The fourth-order valence-electron chi connectivity index (χ4n) is 1.84. The van der Waals surface area contributed by atoms with Gasteiger partial charge in [0.15, 0.2) is 0 Å². The van der Waals surface area contributed by atoms with Gasteiger partial charge in [0.2, 0.25) is 0 Å². The normalized spacial score (nSPS) is 22.4. The second-order valence-corrected chi connectivity index (χ2v) is 4.89. The maximum Gasteiger partial charge on any atom is 0.0798 e. The summed E-state index contributed by atoms with van der Waals surface area (Å²) in [4.78, 5) is 8.19. The molecular weight excluding hydrogens is 230 g/mol. The van der Waals surface area contributed by atoms with E-state index in [1.165, 1.54) is 10.6 Å². The van der Waals surface area contributed by atoms with Crippen LogP contribution in [0.2, 0.25) is 0 Å². The first-order valence-corrected chi connectivity index (χ1v) is 5.98. The topological polar surface area (TPSA) is 28.2 Å². The first-order valence-electron chi connectivity index (χ1n) is 5.10. The van der Waals surface area contributed by atoms with Crippen LogP contribution < -0.4 is 5.32 Å². The summed E-state index contributed by atoms with van der Waals surface area (Å²) >= 11 is 1.77. The largest absolute Gasteiger partial charge is 0.312 e. The summed E-state index contributed by atoms with van der Waals surface area (Å²) in [6.45, 7) is 8.82. The van der Waals surface area contributed by atoms with Crippen molar-refractivity contribution in [2.24, 2.45) is 0 Å². The molecule has 0 radical (unpaired) electrons. The molecule has 0 saturated carbocycles. The molecular formula is C10H18ClN3S. The fraction of sp³-hybridized carbons (Fsp3) is 0.700. The van der Waals surface area contributed by atoms with Crippen LogP contribution in [0.5, 0.6) is 0 Å². The summed E-state index contributed by atoms with van der Waals surface area (Å²) in [6.07, 6.45) is 0. The SMILES string of the molecule is Cc1ncsc1CN1CCN[C@H](C)C1.Cl. The van der Waals surface area contributed by atoms with Crippen molar-refractivity contribution >= 4 is 23.7 Å². The van der Waals surface area contributed by atoms with Crippen molar-refractivity contribution in [3.63, 3.8) is 0 Å². The summed E-state index contributed by atoms with van der Waals surface area (Å²) in [5.41, 5.74) is 3.14.